The number of carboxylic acid groups (broad SMARTS) is 1. The van der Waals surface area contributed by atoms with Gasteiger partial charge in [0.25, 0.3) is 0 Å². The third-order valence-electron chi connectivity index (χ3n) is 3.72. The van der Waals surface area contributed by atoms with Gasteiger partial charge in [-0.1, -0.05) is 60.7 Å². The average molecular weight is 291 g/mol. The first-order valence-corrected chi connectivity index (χ1v) is 7.23. The maximum absolute atomic E-state index is 11.5. The lowest BCUT2D eigenvalue weighted by Gasteiger charge is -2.11. The third-order valence-corrected chi connectivity index (χ3v) is 3.72. The van der Waals surface area contributed by atoms with Crippen molar-refractivity contribution in [3.8, 4) is 0 Å². The highest BCUT2D eigenvalue weighted by molar-refractivity contribution is 5.89. The van der Waals surface area contributed by atoms with E-state index in [2.05, 4.69) is 0 Å². The van der Waals surface area contributed by atoms with E-state index in [4.69, 9.17) is 0 Å². The lowest BCUT2D eigenvalue weighted by molar-refractivity contribution is 0.0695. The summed E-state index contributed by atoms with van der Waals surface area (Å²) in [4.78, 5) is 11.5. The molecule has 3 aromatic rings. The first-order chi connectivity index (χ1) is 10.7. The molecule has 0 spiro atoms. The fourth-order valence-electron chi connectivity index (χ4n) is 2.61. The number of carbonyl (C=O) groups is 1. The summed E-state index contributed by atoms with van der Waals surface area (Å²) in [5.41, 5.74) is 3.48. The maximum Gasteiger partial charge on any atom is 0.337 e. The monoisotopic (exact) mass is 291 g/mol. The normalized spacial score (nSPS) is 10.5. The predicted molar refractivity (Wildman–Crippen MR) is 86.2 cm³/mol. The van der Waals surface area contributed by atoms with Crippen molar-refractivity contribution in [1.82, 2.24) is 4.57 Å². The van der Waals surface area contributed by atoms with Gasteiger partial charge in [-0.15, -0.1) is 0 Å². The van der Waals surface area contributed by atoms with Gasteiger partial charge in [0.1, 0.15) is 0 Å². The van der Waals surface area contributed by atoms with E-state index in [1.165, 1.54) is 0 Å². The minimum Gasteiger partial charge on any atom is -0.478 e. The summed E-state index contributed by atoms with van der Waals surface area (Å²) in [5, 5.41) is 9.41. The molecule has 1 aromatic heterocycles. The molecular formula is C19H17NO2. The zero-order valence-corrected chi connectivity index (χ0v) is 12.1. The predicted octanol–water partition coefficient (Wildman–Crippen LogP) is 3.83. The number of carboxylic acids is 1. The second-order valence-corrected chi connectivity index (χ2v) is 5.26. The molecule has 0 unspecified atom stereocenters. The van der Waals surface area contributed by atoms with Crippen LogP contribution in [-0.4, -0.2) is 15.6 Å². The fourth-order valence-corrected chi connectivity index (χ4v) is 2.61. The van der Waals surface area contributed by atoms with Crippen LogP contribution in [0.3, 0.4) is 0 Å². The molecule has 0 bridgehead atoms. The van der Waals surface area contributed by atoms with Gasteiger partial charge in [0.05, 0.1) is 5.56 Å². The van der Waals surface area contributed by atoms with Crippen LogP contribution in [0.1, 0.15) is 27.2 Å². The van der Waals surface area contributed by atoms with E-state index in [0.29, 0.717) is 18.5 Å². The fraction of sp³-hybridized carbons (Fsp3) is 0.105. The SMILES string of the molecule is O=C(O)c1ccn(Cc2ccccc2)c1Cc1ccccc1. The van der Waals surface area contributed by atoms with Crippen molar-refractivity contribution in [2.24, 2.45) is 0 Å². The van der Waals surface area contributed by atoms with Gasteiger partial charge >= 0.3 is 5.97 Å². The summed E-state index contributed by atoms with van der Waals surface area (Å²) in [6.07, 6.45) is 2.47. The molecule has 2 aromatic carbocycles. The zero-order chi connectivity index (χ0) is 15.4. The summed E-state index contributed by atoms with van der Waals surface area (Å²) in [6, 6.07) is 21.7. The number of hydrogen-bond donors (Lipinski definition) is 1. The van der Waals surface area contributed by atoms with Gasteiger partial charge in [-0.2, -0.15) is 0 Å². The molecule has 0 atom stereocenters. The Bertz CT molecular complexity index is 761. The van der Waals surface area contributed by atoms with E-state index in [0.717, 1.165) is 16.8 Å². The van der Waals surface area contributed by atoms with Gasteiger partial charge in [-0.05, 0) is 17.2 Å². The molecule has 0 aliphatic rings. The van der Waals surface area contributed by atoms with Gasteiger partial charge < -0.3 is 9.67 Å². The second-order valence-electron chi connectivity index (χ2n) is 5.26. The van der Waals surface area contributed by atoms with Crippen LogP contribution in [0.5, 0.6) is 0 Å². The van der Waals surface area contributed by atoms with Gasteiger partial charge in [-0.25, -0.2) is 4.79 Å². The Balaban J connectivity index is 1.95. The number of aromatic nitrogens is 1. The van der Waals surface area contributed by atoms with Gasteiger partial charge in [0.15, 0.2) is 0 Å². The van der Waals surface area contributed by atoms with Crippen molar-refractivity contribution in [2.45, 2.75) is 13.0 Å². The molecule has 0 fully saturated rings. The molecule has 0 saturated heterocycles. The molecule has 0 saturated carbocycles. The molecule has 3 rings (SSSR count). The Hall–Kier alpha value is -2.81. The van der Waals surface area contributed by atoms with Crippen LogP contribution in [0.2, 0.25) is 0 Å². The Morgan fingerprint density at radius 2 is 1.45 bits per heavy atom. The third kappa shape index (κ3) is 3.09. The Morgan fingerprint density at radius 1 is 0.864 bits per heavy atom. The van der Waals surface area contributed by atoms with Crippen molar-refractivity contribution in [3.05, 3.63) is 95.3 Å². The molecule has 1 heterocycles. The van der Waals surface area contributed by atoms with Crippen molar-refractivity contribution >= 4 is 5.97 Å². The smallest absolute Gasteiger partial charge is 0.337 e. The molecule has 1 N–H and O–H groups in total. The van der Waals surface area contributed by atoms with Crippen molar-refractivity contribution in [1.29, 1.82) is 0 Å². The molecule has 110 valence electrons. The second kappa shape index (κ2) is 6.31. The molecule has 3 nitrogen and oxygen atoms in total. The maximum atomic E-state index is 11.5. The highest BCUT2D eigenvalue weighted by Crippen LogP contribution is 2.18. The van der Waals surface area contributed by atoms with Gasteiger partial charge in [0.2, 0.25) is 0 Å². The van der Waals surface area contributed by atoms with Gasteiger partial charge in [-0.3, -0.25) is 0 Å². The first kappa shape index (κ1) is 14.1. The van der Waals surface area contributed by atoms with E-state index < -0.39 is 5.97 Å². The molecule has 0 aliphatic carbocycles. The van der Waals surface area contributed by atoms with Crippen LogP contribution in [-0.2, 0) is 13.0 Å². The quantitative estimate of drug-likeness (QED) is 0.776. The summed E-state index contributed by atoms with van der Waals surface area (Å²) in [5.74, 6) is -0.877. The lowest BCUT2D eigenvalue weighted by Crippen LogP contribution is -2.08. The van der Waals surface area contributed by atoms with Gasteiger partial charge in [0, 0.05) is 24.9 Å². The molecular weight excluding hydrogens is 274 g/mol. The van der Waals surface area contributed by atoms with Crippen LogP contribution >= 0.6 is 0 Å². The first-order valence-electron chi connectivity index (χ1n) is 7.23. The number of benzene rings is 2. The summed E-state index contributed by atoms with van der Waals surface area (Å²) >= 11 is 0. The minimum absolute atomic E-state index is 0.375. The number of aromatic carboxylic acids is 1. The molecule has 0 aliphatic heterocycles. The lowest BCUT2D eigenvalue weighted by atomic mass is 10.1. The Labute approximate surface area is 129 Å². The standard InChI is InChI=1S/C19H17NO2/c21-19(22)17-11-12-20(14-16-9-5-2-6-10-16)18(17)13-15-7-3-1-4-8-15/h1-12H,13-14H2,(H,21,22). The Morgan fingerprint density at radius 3 is 2.05 bits per heavy atom. The average Bonchev–Trinajstić information content (AvgIpc) is 2.92. The molecule has 0 radical (unpaired) electrons. The number of nitrogens with zero attached hydrogens (tertiary/aromatic N) is 1. The van der Waals surface area contributed by atoms with E-state index >= 15 is 0 Å². The Kier molecular flexibility index (Phi) is 4.05. The summed E-state index contributed by atoms with van der Waals surface area (Å²) in [7, 11) is 0. The molecule has 0 amide bonds. The summed E-state index contributed by atoms with van der Waals surface area (Å²) in [6.45, 7) is 0.677. The van der Waals surface area contributed by atoms with Crippen molar-refractivity contribution < 1.29 is 9.90 Å². The molecule has 22 heavy (non-hydrogen) atoms. The highest BCUT2D eigenvalue weighted by atomic mass is 16.4. The number of rotatable bonds is 5. The van der Waals surface area contributed by atoms with Crippen LogP contribution in [0, 0.1) is 0 Å². The van der Waals surface area contributed by atoms with E-state index in [1.807, 2.05) is 71.4 Å². The van der Waals surface area contributed by atoms with E-state index in [-0.39, 0.29) is 0 Å². The van der Waals surface area contributed by atoms with E-state index in [9.17, 15) is 9.90 Å². The summed E-state index contributed by atoms with van der Waals surface area (Å²) < 4.78 is 2.02. The zero-order valence-electron chi connectivity index (χ0n) is 12.1. The largest absolute Gasteiger partial charge is 0.478 e. The minimum atomic E-state index is -0.877. The topological polar surface area (TPSA) is 42.2 Å². The van der Waals surface area contributed by atoms with Crippen molar-refractivity contribution in [3.63, 3.8) is 0 Å². The van der Waals surface area contributed by atoms with E-state index in [1.54, 1.807) is 6.07 Å². The van der Waals surface area contributed by atoms with Crippen molar-refractivity contribution in [2.75, 3.05) is 0 Å². The number of hydrogen-bond acceptors (Lipinski definition) is 1. The van der Waals surface area contributed by atoms with Crippen LogP contribution in [0.4, 0.5) is 0 Å². The van der Waals surface area contributed by atoms with Crippen LogP contribution in [0.25, 0.3) is 0 Å². The van der Waals surface area contributed by atoms with Crippen LogP contribution < -0.4 is 0 Å². The highest BCUT2D eigenvalue weighted by Gasteiger charge is 2.15. The molecule has 3 heteroatoms. The van der Waals surface area contributed by atoms with Crippen LogP contribution in [0.15, 0.2) is 72.9 Å².